The largest absolute Gasteiger partial charge is 0.466 e. The molecule has 3 heterocycles. The van der Waals surface area contributed by atoms with Crippen molar-refractivity contribution in [2.75, 3.05) is 5.32 Å². The van der Waals surface area contributed by atoms with Gasteiger partial charge in [-0.3, -0.25) is 4.79 Å². The van der Waals surface area contributed by atoms with Crippen molar-refractivity contribution in [1.29, 1.82) is 0 Å². The van der Waals surface area contributed by atoms with Gasteiger partial charge in [0, 0.05) is 23.6 Å². The van der Waals surface area contributed by atoms with E-state index < -0.39 is 0 Å². The van der Waals surface area contributed by atoms with Crippen molar-refractivity contribution in [3.05, 3.63) is 77.5 Å². The normalized spacial score (nSPS) is 11.0. The molecular weight excluding hydrogens is 326 g/mol. The van der Waals surface area contributed by atoms with Crippen molar-refractivity contribution in [2.45, 2.75) is 20.8 Å². The molecule has 1 amide bonds. The molecule has 0 fully saturated rings. The number of fused-ring (bicyclic) bond motifs is 1. The number of furan rings is 1. The summed E-state index contributed by atoms with van der Waals surface area (Å²) in [4.78, 5) is 17.0. The number of nitrogens with zero attached hydrogens (tertiary/aromatic N) is 2. The van der Waals surface area contributed by atoms with Gasteiger partial charge in [-0.05, 0) is 56.7 Å². The van der Waals surface area contributed by atoms with E-state index in [2.05, 4.69) is 23.3 Å². The summed E-state index contributed by atoms with van der Waals surface area (Å²) < 4.78 is 7.42. The second kappa shape index (κ2) is 6.19. The Morgan fingerprint density at radius 3 is 2.54 bits per heavy atom. The number of amides is 1. The number of hydrogen-bond donors (Lipinski definition) is 1. The molecule has 130 valence electrons. The van der Waals surface area contributed by atoms with Gasteiger partial charge in [-0.2, -0.15) is 0 Å². The van der Waals surface area contributed by atoms with Crippen molar-refractivity contribution in [1.82, 2.24) is 9.38 Å². The molecule has 0 bridgehead atoms. The summed E-state index contributed by atoms with van der Waals surface area (Å²) in [5.74, 6) is 1.18. The fraction of sp³-hybridized carbons (Fsp3) is 0.143. The van der Waals surface area contributed by atoms with Crippen LogP contribution in [-0.2, 0) is 0 Å². The highest BCUT2D eigenvalue weighted by atomic mass is 16.3. The molecule has 4 aromatic rings. The molecule has 5 nitrogen and oxygen atoms in total. The zero-order chi connectivity index (χ0) is 18.3. The lowest BCUT2D eigenvalue weighted by Gasteiger charge is -2.05. The monoisotopic (exact) mass is 345 g/mol. The number of anilines is 1. The first-order valence-electron chi connectivity index (χ1n) is 8.44. The van der Waals surface area contributed by atoms with Gasteiger partial charge in [-0.1, -0.05) is 12.1 Å². The summed E-state index contributed by atoms with van der Waals surface area (Å²) in [5, 5.41) is 2.90. The average Bonchev–Trinajstić information content (AvgIpc) is 3.17. The highest BCUT2D eigenvalue weighted by Gasteiger charge is 2.13. The third-order valence-corrected chi connectivity index (χ3v) is 4.34. The van der Waals surface area contributed by atoms with Gasteiger partial charge < -0.3 is 14.1 Å². The number of benzene rings is 1. The van der Waals surface area contributed by atoms with Gasteiger partial charge in [-0.25, -0.2) is 4.98 Å². The van der Waals surface area contributed by atoms with Gasteiger partial charge in [0.1, 0.15) is 17.2 Å². The summed E-state index contributed by atoms with van der Waals surface area (Å²) in [6.07, 6.45) is 4.00. The summed E-state index contributed by atoms with van der Waals surface area (Å²) in [6, 6.07) is 13.5. The second-order valence-corrected chi connectivity index (χ2v) is 6.45. The van der Waals surface area contributed by atoms with Crippen molar-refractivity contribution in [3.8, 4) is 11.3 Å². The predicted molar refractivity (Wildman–Crippen MR) is 102 cm³/mol. The third-order valence-electron chi connectivity index (χ3n) is 4.34. The van der Waals surface area contributed by atoms with E-state index in [9.17, 15) is 4.79 Å². The Hall–Kier alpha value is -3.34. The lowest BCUT2D eigenvalue weighted by Crippen LogP contribution is -2.11. The Morgan fingerprint density at radius 1 is 1.08 bits per heavy atom. The van der Waals surface area contributed by atoms with E-state index in [1.807, 2.05) is 54.0 Å². The maximum Gasteiger partial charge on any atom is 0.259 e. The molecule has 4 rings (SSSR count). The average molecular weight is 345 g/mol. The minimum atomic E-state index is -0.171. The molecule has 0 atom stereocenters. The van der Waals surface area contributed by atoms with Gasteiger partial charge >= 0.3 is 0 Å². The molecule has 0 spiro atoms. The molecule has 1 N–H and O–H groups in total. The molecular formula is C21H19N3O2. The zero-order valence-corrected chi connectivity index (χ0v) is 14.9. The fourth-order valence-electron chi connectivity index (χ4n) is 3.00. The van der Waals surface area contributed by atoms with Crippen LogP contribution in [0.4, 0.5) is 5.69 Å². The summed E-state index contributed by atoms with van der Waals surface area (Å²) >= 11 is 0. The standard InChI is InChI=1S/C21H19N3O2/c1-13-8-9-24-12-19(23-20(24)10-13)16-4-6-17(7-5-16)22-21(25)18-11-14(2)26-15(18)3/h4-12H,1-3H3,(H,22,25). The van der Waals surface area contributed by atoms with Gasteiger partial charge in [0.2, 0.25) is 0 Å². The Labute approximate surface area is 151 Å². The third kappa shape index (κ3) is 2.99. The summed E-state index contributed by atoms with van der Waals surface area (Å²) in [5.41, 5.74) is 5.29. The molecule has 0 saturated carbocycles. The highest BCUT2D eigenvalue weighted by molar-refractivity contribution is 6.05. The van der Waals surface area contributed by atoms with Crippen LogP contribution >= 0.6 is 0 Å². The van der Waals surface area contributed by atoms with E-state index in [1.165, 1.54) is 5.56 Å². The number of aromatic nitrogens is 2. The van der Waals surface area contributed by atoms with E-state index in [0.717, 1.165) is 28.4 Å². The quantitative estimate of drug-likeness (QED) is 0.582. The van der Waals surface area contributed by atoms with Crippen LogP contribution in [0.2, 0.25) is 0 Å². The number of aryl methyl sites for hydroxylation is 3. The van der Waals surface area contributed by atoms with Gasteiger partial charge in [0.15, 0.2) is 0 Å². The second-order valence-electron chi connectivity index (χ2n) is 6.45. The SMILES string of the molecule is Cc1ccn2cc(-c3ccc(NC(=O)c4cc(C)oc4C)cc3)nc2c1. The number of rotatable bonds is 3. The molecule has 0 radical (unpaired) electrons. The number of carbonyl (C=O) groups excluding carboxylic acids is 1. The Bertz CT molecular complexity index is 1100. The molecule has 5 heteroatoms. The van der Waals surface area contributed by atoms with E-state index >= 15 is 0 Å². The van der Waals surface area contributed by atoms with E-state index in [0.29, 0.717) is 11.3 Å². The van der Waals surface area contributed by atoms with Gasteiger partial charge in [-0.15, -0.1) is 0 Å². The molecule has 26 heavy (non-hydrogen) atoms. The first-order valence-corrected chi connectivity index (χ1v) is 8.44. The van der Waals surface area contributed by atoms with Crippen LogP contribution in [0.3, 0.4) is 0 Å². The lowest BCUT2D eigenvalue weighted by atomic mass is 10.1. The van der Waals surface area contributed by atoms with Crippen LogP contribution in [-0.4, -0.2) is 15.3 Å². The summed E-state index contributed by atoms with van der Waals surface area (Å²) in [6.45, 7) is 5.67. The van der Waals surface area contributed by atoms with Crippen LogP contribution < -0.4 is 5.32 Å². The van der Waals surface area contributed by atoms with Crippen molar-refractivity contribution >= 4 is 17.2 Å². The Morgan fingerprint density at radius 2 is 1.85 bits per heavy atom. The number of imidazole rings is 1. The van der Waals surface area contributed by atoms with Crippen LogP contribution in [0.1, 0.15) is 27.4 Å². The minimum absolute atomic E-state index is 0.171. The number of hydrogen-bond acceptors (Lipinski definition) is 3. The van der Waals surface area contributed by atoms with E-state index in [4.69, 9.17) is 4.42 Å². The molecule has 0 aliphatic carbocycles. The minimum Gasteiger partial charge on any atom is -0.466 e. The smallest absolute Gasteiger partial charge is 0.259 e. The van der Waals surface area contributed by atoms with Crippen LogP contribution in [0, 0.1) is 20.8 Å². The molecule has 0 unspecified atom stereocenters. The molecule has 1 aromatic carbocycles. The van der Waals surface area contributed by atoms with Gasteiger partial charge in [0.25, 0.3) is 5.91 Å². The number of pyridine rings is 1. The molecule has 0 saturated heterocycles. The van der Waals surface area contributed by atoms with Crippen LogP contribution in [0.5, 0.6) is 0 Å². The van der Waals surface area contributed by atoms with E-state index in [1.54, 1.807) is 13.0 Å². The summed E-state index contributed by atoms with van der Waals surface area (Å²) in [7, 11) is 0. The predicted octanol–water partition coefficient (Wildman–Crippen LogP) is 4.77. The number of nitrogens with one attached hydrogen (secondary N) is 1. The maximum absolute atomic E-state index is 12.4. The molecule has 0 aliphatic heterocycles. The Balaban J connectivity index is 1.56. The molecule has 3 aromatic heterocycles. The van der Waals surface area contributed by atoms with Crippen molar-refractivity contribution < 1.29 is 9.21 Å². The maximum atomic E-state index is 12.4. The fourth-order valence-corrected chi connectivity index (χ4v) is 3.00. The highest BCUT2D eigenvalue weighted by Crippen LogP contribution is 2.22. The van der Waals surface area contributed by atoms with Crippen LogP contribution in [0.15, 0.2) is 59.3 Å². The number of carbonyl (C=O) groups is 1. The first-order chi connectivity index (χ1) is 12.5. The lowest BCUT2D eigenvalue weighted by molar-refractivity contribution is 0.102. The first kappa shape index (κ1) is 16.1. The van der Waals surface area contributed by atoms with Gasteiger partial charge in [0.05, 0.1) is 11.3 Å². The Kier molecular flexibility index (Phi) is 3.84. The van der Waals surface area contributed by atoms with E-state index in [-0.39, 0.29) is 5.91 Å². The zero-order valence-electron chi connectivity index (χ0n) is 14.9. The van der Waals surface area contributed by atoms with Crippen molar-refractivity contribution in [3.63, 3.8) is 0 Å². The topological polar surface area (TPSA) is 59.5 Å². The molecule has 0 aliphatic rings. The van der Waals surface area contributed by atoms with Crippen molar-refractivity contribution in [2.24, 2.45) is 0 Å². The van der Waals surface area contributed by atoms with Crippen LogP contribution in [0.25, 0.3) is 16.9 Å².